The van der Waals surface area contributed by atoms with Gasteiger partial charge in [0.25, 0.3) is 0 Å². The first-order chi connectivity index (χ1) is 9.06. The Morgan fingerprint density at radius 3 is 2.74 bits per heavy atom. The monoisotopic (exact) mass is 259 g/mol. The number of carbonyl (C=O) groups is 1. The molecule has 5 heteroatoms. The van der Waals surface area contributed by atoms with Crippen molar-refractivity contribution in [2.24, 2.45) is 7.05 Å². The van der Waals surface area contributed by atoms with E-state index >= 15 is 0 Å². The first-order valence-electron chi connectivity index (χ1n) is 6.03. The fourth-order valence-corrected chi connectivity index (χ4v) is 2.08. The van der Waals surface area contributed by atoms with Crippen LogP contribution in [-0.4, -0.2) is 32.8 Å². The Labute approximate surface area is 112 Å². The minimum Gasteiger partial charge on any atom is -0.478 e. The summed E-state index contributed by atoms with van der Waals surface area (Å²) in [5.74, 6) is -0.884. The number of aromatic carboxylic acids is 1. The summed E-state index contributed by atoms with van der Waals surface area (Å²) < 4.78 is 1.76. The van der Waals surface area contributed by atoms with E-state index in [0.717, 1.165) is 17.7 Å². The van der Waals surface area contributed by atoms with Crippen LogP contribution in [-0.2, 0) is 20.1 Å². The van der Waals surface area contributed by atoms with E-state index in [0.29, 0.717) is 12.1 Å². The lowest BCUT2D eigenvalue weighted by atomic mass is 10.1. The van der Waals surface area contributed by atoms with Gasteiger partial charge in [-0.1, -0.05) is 18.2 Å². The molecule has 1 aromatic carbocycles. The van der Waals surface area contributed by atoms with Crippen LogP contribution in [0.1, 0.15) is 21.5 Å². The Morgan fingerprint density at radius 1 is 1.37 bits per heavy atom. The highest BCUT2D eigenvalue weighted by molar-refractivity contribution is 5.89. The lowest BCUT2D eigenvalue weighted by molar-refractivity contribution is 0.0694. The zero-order chi connectivity index (χ0) is 13.8. The lowest BCUT2D eigenvalue weighted by Crippen LogP contribution is -2.18. The predicted molar refractivity (Wildman–Crippen MR) is 71.8 cm³/mol. The zero-order valence-corrected chi connectivity index (χ0v) is 11.1. The summed E-state index contributed by atoms with van der Waals surface area (Å²) in [4.78, 5) is 13.2. The lowest BCUT2D eigenvalue weighted by Gasteiger charge is -2.16. The number of carboxylic acids is 1. The van der Waals surface area contributed by atoms with Gasteiger partial charge in [0, 0.05) is 31.9 Å². The second kappa shape index (κ2) is 5.67. The van der Waals surface area contributed by atoms with Crippen molar-refractivity contribution in [3.8, 4) is 0 Å². The predicted octanol–water partition coefficient (Wildman–Crippen LogP) is 1.75. The molecule has 2 rings (SSSR count). The number of rotatable bonds is 5. The van der Waals surface area contributed by atoms with Crippen LogP contribution in [0.15, 0.2) is 36.7 Å². The molecule has 0 bridgehead atoms. The fraction of sp³-hybridized carbons (Fsp3) is 0.286. The van der Waals surface area contributed by atoms with E-state index in [1.165, 1.54) is 0 Å². The number of hydrogen-bond donors (Lipinski definition) is 1. The van der Waals surface area contributed by atoms with Gasteiger partial charge in [-0.2, -0.15) is 5.10 Å². The average molecular weight is 259 g/mol. The van der Waals surface area contributed by atoms with Gasteiger partial charge in [-0.3, -0.25) is 9.58 Å². The minimum absolute atomic E-state index is 0.362. The first kappa shape index (κ1) is 13.3. The molecule has 2 aromatic rings. The van der Waals surface area contributed by atoms with Gasteiger partial charge in [0.1, 0.15) is 0 Å². The highest BCUT2D eigenvalue weighted by Crippen LogP contribution is 2.12. The van der Waals surface area contributed by atoms with Crippen molar-refractivity contribution >= 4 is 5.97 Å². The third kappa shape index (κ3) is 3.42. The molecular weight excluding hydrogens is 242 g/mol. The van der Waals surface area contributed by atoms with Crippen molar-refractivity contribution < 1.29 is 9.90 Å². The van der Waals surface area contributed by atoms with Gasteiger partial charge < -0.3 is 5.11 Å². The molecule has 1 N–H and O–H groups in total. The van der Waals surface area contributed by atoms with Crippen molar-refractivity contribution in [2.75, 3.05) is 7.05 Å². The summed E-state index contributed by atoms with van der Waals surface area (Å²) in [6.07, 6.45) is 3.78. The van der Waals surface area contributed by atoms with Crippen molar-refractivity contribution in [3.05, 3.63) is 53.3 Å². The largest absolute Gasteiger partial charge is 0.478 e. The van der Waals surface area contributed by atoms with E-state index in [2.05, 4.69) is 10.00 Å². The van der Waals surface area contributed by atoms with Gasteiger partial charge in [0.05, 0.1) is 11.8 Å². The van der Waals surface area contributed by atoms with Gasteiger partial charge in [-0.15, -0.1) is 0 Å². The van der Waals surface area contributed by atoms with E-state index in [1.54, 1.807) is 16.8 Å². The maximum absolute atomic E-state index is 11.1. The summed E-state index contributed by atoms with van der Waals surface area (Å²) in [7, 11) is 3.84. The van der Waals surface area contributed by atoms with Crippen LogP contribution < -0.4 is 0 Å². The fourth-order valence-electron chi connectivity index (χ4n) is 2.08. The van der Waals surface area contributed by atoms with Gasteiger partial charge >= 0.3 is 5.97 Å². The van der Waals surface area contributed by atoms with E-state index < -0.39 is 5.97 Å². The van der Waals surface area contributed by atoms with E-state index in [1.807, 2.05) is 38.6 Å². The van der Waals surface area contributed by atoms with E-state index in [9.17, 15) is 4.79 Å². The Bertz CT molecular complexity index is 578. The molecule has 5 nitrogen and oxygen atoms in total. The number of carboxylic acid groups (broad SMARTS) is 1. The summed E-state index contributed by atoms with van der Waals surface area (Å²) in [5.41, 5.74) is 2.29. The second-order valence-electron chi connectivity index (χ2n) is 4.66. The molecule has 0 aliphatic heterocycles. The Kier molecular flexibility index (Phi) is 3.97. The molecule has 19 heavy (non-hydrogen) atoms. The molecule has 100 valence electrons. The van der Waals surface area contributed by atoms with Crippen LogP contribution in [0.2, 0.25) is 0 Å². The highest BCUT2D eigenvalue weighted by atomic mass is 16.4. The van der Waals surface area contributed by atoms with E-state index in [4.69, 9.17) is 5.11 Å². The van der Waals surface area contributed by atoms with E-state index in [-0.39, 0.29) is 0 Å². The quantitative estimate of drug-likeness (QED) is 0.888. The molecule has 0 spiro atoms. The maximum Gasteiger partial charge on any atom is 0.336 e. The third-order valence-corrected chi connectivity index (χ3v) is 2.90. The molecule has 0 fully saturated rings. The third-order valence-electron chi connectivity index (χ3n) is 2.90. The molecular formula is C14H17N3O2. The van der Waals surface area contributed by atoms with Gasteiger partial charge in [0.2, 0.25) is 0 Å². The molecule has 1 heterocycles. The van der Waals surface area contributed by atoms with Crippen LogP contribution in [0.25, 0.3) is 0 Å². The van der Waals surface area contributed by atoms with Crippen LogP contribution in [0.4, 0.5) is 0 Å². The second-order valence-corrected chi connectivity index (χ2v) is 4.66. The van der Waals surface area contributed by atoms with Crippen LogP contribution >= 0.6 is 0 Å². The SMILES string of the molecule is CN(Cc1cnn(C)c1)Cc1ccccc1C(=O)O. The topological polar surface area (TPSA) is 58.4 Å². The summed E-state index contributed by atoms with van der Waals surface area (Å²) >= 11 is 0. The van der Waals surface area contributed by atoms with Crippen LogP contribution in [0, 0.1) is 0 Å². The number of nitrogens with zero attached hydrogens (tertiary/aromatic N) is 3. The van der Waals surface area contributed by atoms with Crippen molar-refractivity contribution in [3.63, 3.8) is 0 Å². The Morgan fingerprint density at radius 2 is 2.11 bits per heavy atom. The zero-order valence-electron chi connectivity index (χ0n) is 11.1. The molecule has 0 saturated carbocycles. The maximum atomic E-state index is 11.1. The molecule has 0 aliphatic carbocycles. The number of aryl methyl sites for hydroxylation is 1. The molecule has 0 atom stereocenters. The molecule has 0 unspecified atom stereocenters. The first-order valence-corrected chi connectivity index (χ1v) is 6.03. The summed E-state index contributed by atoms with van der Waals surface area (Å²) in [5, 5.41) is 13.3. The van der Waals surface area contributed by atoms with Gasteiger partial charge in [0.15, 0.2) is 0 Å². The van der Waals surface area contributed by atoms with Gasteiger partial charge in [-0.05, 0) is 18.7 Å². The smallest absolute Gasteiger partial charge is 0.336 e. The highest BCUT2D eigenvalue weighted by Gasteiger charge is 2.11. The van der Waals surface area contributed by atoms with Crippen molar-refractivity contribution in [1.82, 2.24) is 14.7 Å². The minimum atomic E-state index is -0.884. The van der Waals surface area contributed by atoms with Gasteiger partial charge in [-0.25, -0.2) is 4.79 Å². The number of aromatic nitrogens is 2. The van der Waals surface area contributed by atoms with Crippen molar-refractivity contribution in [1.29, 1.82) is 0 Å². The van der Waals surface area contributed by atoms with Crippen molar-refractivity contribution in [2.45, 2.75) is 13.1 Å². The number of hydrogen-bond acceptors (Lipinski definition) is 3. The number of benzene rings is 1. The molecule has 0 saturated heterocycles. The normalized spacial score (nSPS) is 10.9. The molecule has 0 amide bonds. The van der Waals surface area contributed by atoms with Crippen LogP contribution in [0.5, 0.6) is 0 Å². The molecule has 0 aliphatic rings. The molecule has 1 aromatic heterocycles. The standard InChI is InChI=1S/C14H17N3O2/c1-16(8-11-7-15-17(2)9-11)10-12-5-3-4-6-13(12)14(18)19/h3-7,9H,8,10H2,1-2H3,(H,18,19). The summed E-state index contributed by atoms with van der Waals surface area (Å²) in [6.45, 7) is 1.33. The summed E-state index contributed by atoms with van der Waals surface area (Å²) in [6, 6.07) is 7.09. The molecule has 0 radical (unpaired) electrons. The van der Waals surface area contributed by atoms with Crippen LogP contribution in [0.3, 0.4) is 0 Å². The Balaban J connectivity index is 2.06. The average Bonchev–Trinajstić information content (AvgIpc) is 2.75. The Hall–Kier alpha value is -2.14.